The van der Waals surface area contributed by atoms with E-state index in [1.165, 1.54) is 30.5 Å². The molecule has 2 aromatic heterocycles. The number of aryl methyl sites for hydroxylation is 1. The van der Waals surface area contributed by atoms with Crippen molar-refractivity contribution in [3.63, 3.8) is 0 Å². The largest absolute Gasteiger partial charge is 0.468 e. The van der Waals surface area contributed by atoms with Crippen LogP contribution in [0.2, 0.25) is 0 Å². The van der Waals surface area contributed by atoms with E-state index in [1.54, 1.807) is 12.1 Å². The van der Waals surface area contributed by atoms with Gasteiger partial charge in [-0.2, -0.15) is 0 Å². The molecule has 0 bridgehead atoms. The van der Waals surface area contributed by atoms with E-state index in [-0.39, 0.29) is 17.3 Å². The predicted molar refractivity (Wildman–Crippen MR) is 113 cm³/mol. The van der Waals surface area contributed by atoms with Crippen molar-refractivity contribution in [2.45, 2.75) is 24.9 Å². The number of aromatic nitrogens is 2. The number of rotatable bonds is 7. The molecule has 0 aliphatic rings. The van der Waals surface area contributed by atoms with Crippen molar-refractivity contribution in [2.24, 2.45) is 0 Å². The molecule has 0 saturated heterocycles. The van der Waals surface area contributed by atoms with Crippen molar-refractivity contribution in [2.75, 3.05) is 5.32 Å². The Labute approximate surface area is 173 Å². The summed E-state index contributed by atoms with van der Waals surface area (Å²) in [6.07, 6.45) is 1.48. The second-order valence-electron chi connectivity index (χ2n) is 6.55. The van der Waals surface area contributed by atoms with E-state index >= 15 is 0 Å². The van der Waals surface area contributed by atoms with E-state index in [9.17, 15) is 13.2 Å². The van der Waals surface area contributed by atoms with Crippen molar-refractivity contribution in [1.82, 2.24) is 14.3 Å². The summed E-state index contributed by atoms with van der Waals surface area (Å²) in [7, 11) is -3.72. The zero-order valence-corrected chi connectivity index (χ0v) is 17.0. The van der Waals surface area contributed by atoms with Gasteiger partial charge in [-0.1, -0.05) is 12.1 Å². The van der Waals surface area contributed by atoms with Crippen LogP contribution in [0.25, 0.3) is 11.0 Å². The van der Waals surface area contributed by atoms with Gasteiger partial charge in [-0.25, -0.2) is 18.1 Å². The third-order valence-corrected chi connectivity index (χ3v) is 6.06. The number of hydrogen-bond acceptors (Lipinski definition) is 5. The molecule has 2 heterocycles. The van der Waals surface area contributed by atoms with Gasteiger partial charge >= 0.3 is 0 Å². The number of carbonyl (C=O) groups excluding carboxylic acids is 1. The Hall–Kier alpha value is -3.43. The Bertz CT molecular complexity index is 1280. The molecule has 0 saturated carbocycles. The Morgan fingerprint density at radius 1 is 1.07 bits per heavy atom. The van der Waals surface area contributed by atoms with Gasteiger partial charge < -0.3 is 8.98 Å². The van der Waals surface area contributed by atoms with Crippen LogP contribution >= 0.6 is 0 Å². The van der Waals surface area contributed by atoms with Crippen molar-refractivity contribution in [3.8, 4) is 0 Å². The van der Waals surface area contributed by atoms with Crippen LogP contribution in [-0.4, -0.2) is 23.9 Å². The van der Waals surface area contributed by atoms with E-state index in [1.807, 2.05) is 35.8 Å². The Kier molecular flexibility index (Phi) is 5.39. The van der Waals surface area contributed by atoms with Crippen LogP contribution in [0.4, 0.5) is 5.95 Å². The maximum Gasteiger partial charge on any atom is 0.257 e. The minimum Gasteiger partial charge on any atom is -0.468 e. The molecule has 4 aromatic rings. The SMILES string of the molecule is CCn1c(NC(=O)c2ccc(S(=O)(=O)NCc3ccco3)cc2)nc2ccccc21. The fraction of sp³-hybridized carbons (Fsp3) is 0.143. The van der Waals surface area contributed by atoms with Gasteiger partial charge in [0.25, 0.3) is 5.91 Å². The van der Waals surface area contributed by atoms with Gasteiger partial charge in [0.1, 0.15) is 5.76 Å². The van der Waals surface area contributed by atoms with Crippen molar-refractivity contribution in [1.29, 1.82) is 0 Å². The zero-order chi connectivity index (χ0) is 21.1. The van der Waals surface area contributed by atoms with E-state index in [2.05, 4.69) is 15.0 Å². The number of nitrogens with one attached hydrogen (secondary N) is 2. The number of amides is 1. The Morgan fingerprint density at radius 2 is 1.83 bits per heavy atom. The summed E-state index contributed by atoms with van der Waals surface area (Å²) in [6.45, 7) is 2.67. The average Bonchev–Trinajstić information content (AvgIpc) is 3.39. The van der Waals surface area contributed by atoms with Gasteiger partial charge in [0, 0.05) is 12.1 Å². The maximum atomic E-state index is 12.7. The molecule has 0 aliphatic carbocycles. The molecule has 4 rings (SSSR count). The lowest BCUT2D eigenvalue weighted by molar-refractivity contribution is 0.102. The van der Waals surface area contributed by atoms with Gasteiger partial charge in [0.15, 0.2) is 0 Å². The molecule has 1 amide bonds. The number of benzene rings is 2. The van der Waals surface area contributed by atoms with Gasteiger partial charge in [-0.3, -0.25) is 10.1 Å². The Morgan fingerprint density at radius 3 is 2.53 bits per heavy atom. The third-order valence-electron chi connectivity index (χ3n) is 4.64. The quantitative estimate of drug-likeness (QED) is 0.473. The van der Waals surface area contributed by atoms with E-state index < -0.39 is 10.0 Å². The molecular weight excluding hydrogens is 404 g/mol. The zero-order valence-electron chi connectivity index (χ0n) is 16.2. The van der Waals surface area contributed by atoms with E-state index in [0.29, 0.717) is 23.8 Å². The van der Waals surface area contributed by atoms with E-state index in [0.717, 1.165) is 11.0 Å². The maximum absolute atomic E-state index is 12.7. The van der Waals surface area contributed by atoms with Crippen LogP contribution in [-0.2, 0) is 23.1 Å². The molecule has 2 aromatic carbocycles. The first kappa shape index (κ1) is 19.9. The monoisotopic (exact) mass is 424 g/mol. The average molecular weight is 424 g/mol. The second kappa shape index (κ2) is 8.13. The number of carbonyl (C=O) groups is 1. The minimum absolute atomic E-state index is 0.0464. The first-order valence-corrected chi connectivity index (χ1v) is 10.8. The highest BCUT2D eigenvalue weighted by molar-refractivity contribution is 7.89. The number of fused-ring (bicyclic) bond motifs is 1. The minimum atomic E-state index is -3.72. The fourth-order valence-corrected chi connectivity index (χ4v) is 4.11. The highest BCUT2D eigenvalue weighted by Crippen LogP contribution is 2.20. The summed E-state index contributed by atoms with van der Waals surface area (Å²) in [5, 5.41) is 2.80. The highest BCUT2D eigenvalue weighted by Gasteiger charge is 2.17. The molecule has 0 unspecified atom stereocenters. The fourth-order valence-electron chi connectivity index (χ4n) is 3.11. The molecular formula is C21H20N4O4S. The molecule has 0 aliphatic heterocycles. The standard InChI is InChI=1S/C21H20N4O4S/c1-2-25-19-8-4-3-7-18(19)23-21(25)24-20(26)15-9-11-17(12-10-15)30(27,28)22-14-16-6-5-13-29-16/h3-13,22H,2,14H2,1H3,(H,23,24,26). The van der Waals surface area contributed by atoms with Crippen LogP contribution in [0.3, 0.4) is 0 Å². The number of furan rings is 1. The second-order valence-corrected chi connectivity index (χ2v) is 8.32. The van der Waals surface area contributed by atoms with Crippen LogP contribution in [0.15, 0.2) is 76.2 Å². The molecule has 9 heteroatoms. The molecule has 30 heavy (non-hydrogen) atoms. The summed E-state index contributed by atoms with van der Waals surface area (Å²) in [5.41, 5.74) is 2.05. The van der Waals surface area contributed by atoms with Gasteiger partial charge in [0.05, 0.1) is 28.7 Å². The molecule has 2 N–H and O–H groups in total. The molecule has 0 radical (unpaired) electrons. The number of anilines is 1. The van der Waals surface area contributed by atoms with Gasteiger partial charge in [-0.15, -0.1) is 0 Å². The van der Waals surface area contributed by atoms with E-state index in [4.69, 9.17) is 4.42 Å². The summed E-state index contributed by atoms with van der Waals surface area (Å²) < 4.78 is 34.3. The molecule has 0 spiro atoms. The van der Waals surface area contributed by atoms with Crippen LogP contribution in [0.1, 0.15) is 23.0 Å². The summed E-state index contributed by atoms with van der Waals surface area (Å²) in [4.78, 5) is 17.2. The van der Waals surface area contributed by atoms with Crippen LogP contribution in [0, 0.1) is 0 Å². The first-order chi connectivity index (χ1) is 14.5. The number of hydrogen-bond donors (Lipinski definition) is 2. The molecule has 154 valence electrons. The smallest absolute Gasteiger partial charge is 0.257 e. The number of nitrogens with zero attached hydrogens (tertiary/aromatic N) is 2. The van der Waals surface area contributed by atoms with Gasteiger partial charge in [-0.05, 0) is 55.5 Å². The van der Waals surface area contributed by atoms with Crippen molar-refractivity contribution < 1.29 is 17.6 Å². The van der Waals surface area contributed by atoms with Crippen molar-refractivity contribution >= 4 is 32.9 Å². The first-order valence-electron chi connectivity index (χ1n) is 9.36. The van der Waals surface area contributed by atoms with Crippen LogP contribution < -0.4 is 10.0 Å². The number of imidazole rings is 1. The summed E-state index contributed by atoms with van der Waals surface area (Å²) in [5.74, 6) is 0.585. The normalized spacial score (nSPS) is 11.6. The third kappa shape index (κ3) is 3.98. The summed E-state index contributed by atoms with van der Waals surface area (Å²) >= 11 is 0. The predicted octanol–water partition coefficient (Wildman–Crippen LogP) is 3.38. The molecule has 0 atom stereocenters. The topological polar surface area (TPSA) is 106 Å². The lowest BCUT2D eigenvalue weighted by Gasteiger charge is -2.09. The summed E-state index contributed by atoms with van der Waals surface area (Å²) in [6, 6.07) is 16.7. The highest BCUT2D eigenvalue weighted by atomic mass is 32.2. The van der Waals surface area contributed by atoms with Crippen LogP contribution in [0.5, 0.6) is 0 Å². The lowest BCUT2D eigenvalue weighted by atomic mass is 10.2. The van der Waals surface area contributed by atoms with Crippen molar-refractivity contribution in [3.05, 3.63) is 78.3 Å². The lowest BCUT2D eigenvalue weighted by Crippen LogP contribution is -2.23. The number of sulfonamides is 1. The Balaban J connectivity index is 1.49. The molecule has 0 fully saturated rings. The number of para-hydroxylation sites is 2. The molecule has 8 nitrogen and oxygen atoms in total. The van der Waals surface area contributed by atoms with Gasteiger partial charge in [0.2, 0.25) is 16.0 Å².